The Morgan fingerprint density at radius 3 is 2.60 bits per heavy atom. The van der Waals surface area contributed by atoms with Crippen LogP contribution in [0, 0.1) is 5.41 Å². The van der Waals surface area contributed by atoms with Gasteiger partial charge in [-0.05, 0) is 11.6 Å². The van der Waals surface area contributed by atoms with E-state index in [0.29, 0.717) is 6.42 Å². The van der Waals surface area contributed by atoms with Crippen molar-refractivity contribution in [1.29, 1.82) is 0 Å². The lowest BCUT2D eigenvalue weighted by atomic mass is 9.86. The van der Waals surface area contributed by atoms with Crippen molar-refractivity contribution < 1.29 is 9.53 Å². The summed E-state index contributed by atoms with van der Waals surface area (Å²) in [5, 5.41) is 0. The average Bonchev–Trinajstić information content (AvgIpc) is 2.58. The quantitative estimate of drug-likeness (QED) is 0.703. The number of carbonyl (C=O) groups is 1. The van der Waals surface area contributed by atoms with Crippen molar-refractivity contribution in [2.24, 2.45) is 5.41 Å². The molecule has 0 aromatic heterocycles. The molecule has 0 bridgehead atoms. The maximum absolute atomic E-state index is 12.0. The molecule has 0 aliphatic carbocycles. The smallest absolute Gasteiger partial charge is 0.178 e. The second-order valence-corrected chi connectivity index (χ2v) is 5.03. The molecule has 0 saturated carbocycles. The van der Waals surface area contributed by atoms with Crippen LogP contribution in [0.5, 0.6) is 5.75 Å². The van der Waals surface area contributed by atoms with Crippen molar-refractivity contribution in [2.45, 2.75) is 33.3 Å². The second kappa shape index (κ2) is 3.37. The average molecular weight is 204 g/mol. The monoisotopic (exact) mass is 204 g/mol. The van der Waals surface area contributed by atoms with E-state index in [2.05, 4.69) is 0 Å². The first kappa shape index (κ1) is 10.2. The zero-order valence-corrected chi connectivity index (χ0v) is 9.41. The van der Waals surface area contributed by atoms with Gasteiger partial charge in [0.1, 0.15) is 5.75 Å². The molecule has 1 atom stereocenters. The molecule has 2 nitrogen and oxygen atoms in total. The molecular weight excluding hydrogens is 188 g/mol. The summed E-state index contributed by atoms with van der Waals surface area (Å²) in [7, 11) is 0. The van der Waals surface area contributed by atoms with Gasteiger partial charge in [-0.2, -0.15) is 0 Å². The highest BCUT2D eigenvalue weighted by molar-refractivity contribution is 5.89. The van der Waals surface area contributed by atoms with E-state index in [9.17, 15) is 4.79 Å². The molecule has 0 radical (unpaired) electrons. The minimum Gasteiger partial charge on any atom is -0.482 e. The highest BCUT2D eigenvalue weighted by atomic mass is 16.5. The fourth-order valence-corrected chi connectivity index (χ4v) is 1.81. The molecule has 2 heteroatoms. The van der Waals surface area contributed by atoms with E-state index < -0.39 is 0 Å². The van der Waals surface area contributed by atoms with Gasteiger partial charge >= 0.3 is 0 Å². The molecule has 0 unspecified atom stereocenters. The van der Waals surface area contributed by atoms with Gasteiger partial charge in [-0.25, -0.2) is 0 Å². The lowest BCUT2D eigenvalue weighted by Gasteiger charge is -2.20. The molecule has 1 heterocycles. The van der Waals surface area contributed by atoms with Crippen LogP contribution >= 0.6 is 0 Å². The van der Waals surface area contributed by atoms with Gasteiger partial charge in [0.15, 0.2) is 11.9 Å². The van der Waals surface area contributed by atoms with Crippen LogP contribution in [-0.2, 0) is 11.2 Å². The van der Waals surface area contributed by atoms with Crippen LogP contribution in [-0.4, -0.2) is 11.9 Å². The molecule has 0 N–H and O–H groups in total. The van der Waals surface area contributed by atoms with Gasteiger partial charge in [-0.15, -0.1) is 0 Å². The molecule has 1 aromatic rings. The van der Waals surface area contributed by atoms with E-state index in [4.69, 9.17) is 4.74 Å². The number of ether oxygens (including phenoxy) is 1. The third-order valence-electron chi connectivity index (χ3n) is 2.68. The van der Waals surface area contributed by atoms with Gasteiger partial charge in [0.2, 0.25) is 0 Å². The molecule has 0 spiro atoms. The Bertz CT molecular complexity index is 363. The zero-order chi connectivity index (χ0) is 11.1. The Hall–Kier alpha value is -1.31. The van der Waals surface area contributed by atoms with Gasteiger partial charge < -0.3 is 4.74 Å². The van der Waals surface area contributed by atoms with Crippen LogP contribution in [0.2, 0.25) is 0 Å². The fraction of sp³-hybridized carbons (Fsp3) is 0.462. The van der Waals surface area contributed by atoms with E-state index in [1.54, 1.807) is 0 Å². The maximum atomic E-state index is 12.0. The topological polar surface area (TPSA) is 26.3 Å². The Labute approximate surface area is 90.3 Å². The summed E-state index contributed by atoms with van der Waals surface area (Å²) in [6.45, 7) is 5.80. The lowest BCUT2D eigenvalue weighted by molar-refractivity contribution is -0.132. The lowest BCUT2D eigenvalue weighted by Crippen LogP contribution is -2.35. The molecule has 0 amide bonds. The summed E-state index contributed by atoms with van der Waals surface area (Å²) in [5.74, 6) is 1.04. The molecule has 1 aromatic carbocycles. The van der Waals surface area contributed by atoms with Crippen molar-refractivity contribution in [2.75, 3.05) is 0 Å². The van der Waals surface area contributed by atoms with Crippen LogP contribution in [0.4, 0.5) is 0 Å². The molecular formula is C13H16O2. The Balaban J connectivity index is 2.17. The minimum absolute atomic E-state index is 0.179. The van der Waals surface area contributed by atoms with Gasteiger partial charge in [0, 0.05) is 11.8 Å². The molecule has 80 valence electrons. The molecule has 1 aliphatic rings. The van der Waals surface area contributed by atoms with E-state index in [0.717, 1.165) is 11.3 Å². The summed E-state index contributed by atoms with van der Waals surface area (Å²) in [5.41, 5.74) is 0.812. The third-order valence-corrected chi connectivity index (χ3v) is 2.68. The summed E-state index contributed by atoms with van der Waals surface area (Å²) in [4.78, 5) is 12.0. The molecule has 1 aliphatic heterocycles. The first-order valence-electron chi connectivity index (χ1n) is 5.27. The number of Topliss-reactive ketones (excluding diaryl/α,β-unsaturated/α-hetero) is 1. The predicted molar refractivity (Wildman–Crippen MR) is 59.0 cm³/mol. The summed E-state index contributed by atoms with van der Waals surface area (Å²) >= 11 is 0. The van der Waals surface area contributed by atoms with Crippen LogP contribution in [0.1, 0.15) is 26.3 Å². The largest absolute Gasteiger partial charge is 0.482 e. The molecule has 15 heavy (non-hydrogen) atoms. The molecule has 0 saturated heterocycles. The Morgan fingerprint density at radius 2 is 2.00 bits per heavy atom. The Kier molecular flexibility index (Phi) is 2.29. The first-order chi connectivity index (χ1) is 6.98. The standard InChI is InChI=1S/C13H16O2/c1-13(2,3)12(14)11-8-9-6-4-5-7-10(9)15-11/h4-7,11H,8H2,1-3H3/t11-/m1/s1. The second-order valence-electron chi connectivity index (χ2n) is 5.03. The number of ketones is 1. The molecule has 0 fully saturated rings. The highest BCUT2D eigenvalue weighted by Gasteiger charge is 2.35. The summed E-state index contributed by atoms with van der Waals surface area (Å²) in [6, 6.07) is 7.85. The first-order valence-corrected chi connectivity index (χ1v) is 5.27. The summed E-state index contributed by atoms with van der Waals surface area (Å²) < 4.78 is 5.65. The van der Waals surface area contributed by atoms with Gasteiger partial charge in [0.05, 0.1) is 0 Å². The Morgan fingerprint density at radius 1 is 1.33 bits per heavy atom. The number of hydrogen-bond acceptors (Lipinski definition) is 2. The fourth-order valence-electron chi connectivity index (χ4n) is 1.81. The SMILES string of the molecule is CC(C)(C)C(=O)[C@H]1Cc2ccccc2O1. The van der Waals surface area contributed by atoms with Crippen molar-refractivity contribution in [3.63, 3.8) is 0 Å². The number of para-hydroxylation sites is 1. The van der Waals surface area contributed by atoms with Gasteiger partial charge in [-0.3, -0.25) is 4.79 Å². The van der Waals surface area contributed by atoms with Crippen molar-refractivity contribution in [1.82, 2.24) is 0 Å². The van der Waals surface area contributed by atoms with Crippen molar-refractivity contribution >= 4 is 5.78 Å². The van der Waals surface area contributed by atoms with Crippen LogP contribution in [0.15, 0.2) is 24.3 Å². The number of rotatable bonds is 1. The zero-order valence-electron chi connectivity index (χ0n) is 9.41. The third kappa shape index (κ3) is 1.89. The number of carbonyl (C=O) groups excluding carboxylic acids is 1. The van der Waals surface area contributed by atoms with E-state index in [1.807, 2.05) is 45.0 Å². The number of fused-ring (bicyclic) bond motifs is 1. The molecule has 2 rings (SSSR count). The maximum Gasteiger partial charge on any atom is 0.178 e. The van der Waals surface area contributed by atoms with Gasteiger partial charge in [-0.1, -0.05) is 39.0 Å². The van der Waals surface area contributed by atoms with E-state index in [-0.39, 0.29) is 17.3 Å². The van der Waals surface area contributed by atoms with E-state index >= 15 is 0 Å². The summed E-state index contributed by atoms with van der Waals surface area (Å²) in [6.07, 6.45) is 0.425. The van der Waals surface area contributed by atoms with Crippen LogP contribution < -0.4 is 4.74 Å². The van der Waals surface area contributed by atoms with Crippen LogP contribution in [0.3, 0.4) is 0 Å². The number of benzene rings is 1. The van der Waals surface area contributed by atoms with E-state index in [1.165, 1.54) is 0 Å². The predicted octanol–water partition coefficient (Wildman–Crippen LogP) is 2.61. The van der Waals surface area contributed by atoms with Crippen molar-refractivity contribution in [3.05, 3.63) is 29.8 Å². The highest BCUT2D eigenvalue weighted by Crippen LogP contribution is 2.31. The van der Waals surface area contributed by atoms with Gasteiger partial charge in [0.25, 0.3) is 0 Å². The normalized spacial score (nSPS) is 19.5. The van der Waals surface area contributed by atoms with Crippen molar-refractivity contribution in [3.8, 4) is 5.75 Å². The van der Waals surface area contributed by atoms with Crippen LogP contribution in [0.25, 0.3) is 0 Å². The number of hydrogen-bond donors (Lipinski definition) is 0. The minimum atomic E-state index is -0.327.